The van der Waals surface area contributed by atoms with Crippen molar-refractivity contribution in [3.63, 3.8) is 0 Å². The molecule has 7 nitrogen and oxygen atoms in total. The molecule has 1 N–H and O–H groups in total. The van der Waals surface area contributed by atoms with E-state index >= 15 is 0 Å². The van der Waals surface area contributed by atoms with Gasteiger partial charge in [-0.15, -0.1) is 6.42 Å². The minimum atomic E-state index is -0.628. The largest absolute Gasteiger partial charge is 0.493 e. The zero-order valence-electron chi connectivity index (χ0n) is 21.4. The summed E-state index contributed by atoms with van der Waals surface area (Å²) in [5.74, 6) is 4.72. The molecule has 0 fully saturated rings. The normalized spacial score (nSPS) is 13.8. The lowest BCUT2D eigenvalue weighted by Gasteiger charge is -2.13. The van der Waals surface area contributed by atoms with E-state index in [4.69, 9.17) is 25.5 Å². The van der Waals surface area contributed by atoms with E-state index in [1.54, 1.807) is 14.2 Å². The Morgan fingerprint density at radius 1 is 0.973 bits per heavy atom. The highest BCUT2D eigenvalue weighted by Gasteiger charge is 2.32. The predicted octanol–water partition coefficient (Wildman–Crippen LogP) is 5.25. The summed E-state index contributed by atoms with van der Waals surface area (Å²) < 4.78 is 17.2. The van der Waals surface area contributed by atoms with E-state index < -0.39 is 6.10 Å². The van der Waals surface area contributed by atoms with Gasteiger partial charge in [-0.3, -0.25) is 0 Å². The van der Waals surface area contributed by atoms with Gasteiger partial charge in [0.05, 0.1) is 19.9 Å². The summed E-state index contributed by atoms with van der Waals surface area (Å²) in [6, 6.07) is 19.5. The van der Waals surface area contributed by atoms with E-state index in [9.17, 15) is 0 Å². The highest BCUT2D eigenvalue weighted by Crippen LogP contribution is 2.46. The number of nitrogens with one attached hydrogen (secondary N) is 1. The minimum absolute atomic E-state index is 0.588. The average Bonchev–Trinajstić information content (AvgIpc) is 3.43. The molecule has 0 aliphatic heterocycles. The number of aromatic nitrogens is 1. The molecule has 1 aliphatic carbocycles. The number of nitrogens with zero attached hydrogens (tertiary/aromatic N) is 2. The number of H-pyrrole nitrogens is 1. The molecule has 1 aromatic heterocycles. The van der Waals surface area contributed by atoms with Crippen LogP contribution in [0.3, 0.4) is 0 Å². The van der Waals surface area contributed by atoms with Crippen LogP contribution >= 0.6 is 0 Å². The number of benzene rings is 3. The maximum absolute atomic E-state index is 6.02. The number of terminal acetylenes is 1. The first-order valence-corrected chi connectivity index (χ1v) is 12.0. The smallest absolute Gasteiger partial charge is 0.212 e. The van der Waals surface area contributed by atoms with E-state index in [1.165, 1.54) is 0 Å². The molecule has 0 saturated carbocycles. The lowest BCUT2D eigenvalue weighted by atomic mass is 10.1. The fraction of sp³-hybridized carbons (Fsp3) is 0.233. The Morgan fingerprint density at radius 3 is 2.38 bits per heavy atom. The second-order valence-electron chi connectivity index (χ2n) is 8.99. The third-order valence-electron chi connectivity index (χ3n) is 6.37. The van der Waals surface area contributed by atoms with Crippen LogP contribution in [-0.4, -0.2) is 57.1 Å². The number of hydrogen-bond donors (Lipinski definition) is 1. The fourth-order valence-corrected chi connectivity index (χ4v) is 4.49. The molecule has 0 radical (unpaired) electrons. The monoisotopic (exact) mass is 495 g/mol. The van der Waals surface area contributed by atoms with Crippen LogP contribution in [0, 0.1) is 12.3 Å². The van der Waals surface area contributed by atoms with Gasteiger partial charge in [0.1, 0.15) is 18.1 Å². The van der Waals surface area contributed by atoms with Crippen molar-refractivity contribution in [3.8, 4) is 40.8 Å². The number of ether oxygens (including phenoxy) is 3. The van der Waals surface area contributed by atoms with Crippen molar-refractivity contribution >= 4 is 16.6 Å². The number of likely N-dealkylation sites (N-methyl/N-ethyl adjacent to an activating group) is 1. The Labute approximate surface area is 216 Å². The van der Waals surface area contributed by atoms with Gasteiger partial charge in [0, 0.05) is 39.7 Å². The van der Waals surface area contributed by atoms with Gasteiger partial charge in [0.15, 0.2) is 11.5 Å². The van der Waals surface area contributed by atoms with Gasteiger partial charge in [0.2, 0.25) is 6.10 Å². The number of oxime groups is 1. The van der Waals surface area contributed by atoms with Crippen molar-refractivity contribution in [2.45, 2.75) is 6.10 Å². The molecule has 5 rings (SSSR count). The summed E-state index contributed by atoms with van der Waals surface area (Å²) in [6.07, 6.45) is 5.19. The topological polar surface area (TPSA) is 68.3 Å². The zero-order chi connectivity index (χ0) is 25.9. The SMILES string of the molecule is C#CC(O/N=C1/c2cc(OC)c(OC)cc2-c2[nH]c3ccc(OCCN(C)C)cc3c21)c1ccccc1. The summed E-state index contributed by atoms with van der Waals surface area (Å²) in [7, 11) is 7.28. The molecule has 0 bridgehead atoms. The molecular weight excluding hydrogens is 466 g/mol. The van der Waals surface area contributed by atoms with Crippen LogP contribution in [0.5, 0.6) is 17.2 Å². The minimum Gasteiger partial charge on any atom is -0.493 e. The molecule has 3 aromatic carbocycles. The predicted molar refractivity (Wildman–Crippen MR) is 146 cm³/mol. The second-order valence-corrected chi connectivity index (χ2v) is 8.99. The number of aromatic amines is 1. The van der Waals surface area contributed by atoms with Gasteiger partial charge in [-0.25, -0.2) is 0 Å². The molecule has 1 unspecified atom stereocenters. The summed E-state index contributed by atoms with van der Waals surface area (Å²) in [6.45, 7) is 1.41. The molecular formula is C30H29N3O4. The first-order chi connectivity index (χ1) is 18.0. The number of methoxy groups -OCH3 is 2. The molecule has 4 aromatic rings. The molecule has 7 heteroatoms. The van der Waals surface area contributed by atoms with Gasteiger partial charge in [-0.1, -0.05) is 41.4 Å². The van der Waals surface area contributed by atoms with E-state index in [1.807, 2.05) is 74.8 Å². The van der Waals surface area contributed by atoms with Crippen LogP contribution in [0.2, 0.25) is 0 Å². The van der Waals surface area contributed by atoms with E-state index in [0.29, 0.717) is 23.8 Å². The number of fused-ring (bicyclic) bond motifs is 5. The van der Waals surface area contributed by atoms with Gasteiger partial charge in [-0.2, -0.15) is 0 Å². The van der Waals surface area contributed by atoms with Gasteiger partial charge >= 0.3 is 0 Å². The summed E-state index contributed by atoms with van der Waals surface area (Å²) in [4.78, 5) is 11.6. The highest BCUT2D eigenvalue weighted by atomic mass is 16.6. The standard InChI is InChI=1S/C30H29N3O4/c1-6-25(19-10-8-7-9-11-19)37-32-30-22-18-27(35-5)26(34-4)17-21(22)29-28(30)23-16-20(12-13-24(23)31-29)36-15-14-33(2)3/h1,7-13,16-18,25,31H,14-15H2,2-5H3/b32-30-. The van der Waals surface area contributed by atoms with Crippen LogP contribution in [0.15, 0.2) is 65.8 Å². The average molecular weight is 496 g/mol. The van der Waals surface area contributed by atoms with Crippen LogP contribution < -0.4 is 14.2 Å². The summed E-state index contributed by atoms with van der Waals surface area (Å²) in [5, 5.41) is 5.61. The maximum Gasteiger partial charge on any atom is 0.212 e. The third kappa shape index (κ3) is 4.59. The lowest BCUT2D eigenvalue weighted by molar-refractivity contribution is 0.100. The fourth-order valence-electron chi connectivity index (χ4n) is 4.49. The molecule has 37 heavy (non-hydrogen) atoms. The Morgan fingerprint density at radius 2 is 1.70 bits per heavy atom. The molecule has 0 amide bonds. The van der Waals surface area contributed by atoms with Crippen molar-refractivity contribution in [3.05, 3.63) is 77.4 Å². The van der Waals surface area contributed by atoms with Crippen molar-refractivity contribution in [2.75, 3.05) is 41.5 Å². The van der Waals surface area contributed by atoms with E-state index in [2.05, 4.69) is 21.0 Å². The third-order valence-corrected chi connectivity index (χ3v) is 6.37. The molecule has 1 atom stereocenters. The highest BCUT2D eigenvalue weighted by molar-refractivity contribution is 6.30. The molecule has 1 aliphatic rings. The van der Waals surface area contributed by atoms with E-state index in [-0.39, 0.29) is 0 Å². The lowest BCUT2D eigenvalue weighted by Crippen LogP contribution is -2.19. The second kappa shape index (κ2) is 10.3. The Hall–Kier alpha value is -4.41. The van der Waals surface area contributed by atoms with Crippen LogP contribution in [0.4, 0.5) is 0 Å². The van der Waals surface area contributed by atoms with Crippen LogP contribution in [0.1, 0.15) is 22.8 Å². The number of rotatable bonds is 9. The summed E-state index contributed by atoms with van der Waals surface area (Å²) >= 11 is 0. The molecule has 1 heterocycles. The van der Waals surface area contributed by atoms with Crippen LogP contribution in [-0.2, 0) is 4.84 Å². The van der Waals surface area contributed by atoms with Gasteiger partial charge in [-0.05, 0) is 44.4 Å². The Balaban J connectivity index is 1.62. The summed E-state index contributed by atoms with van der Waals surface area (Å²) in [5.41, 5.74) is 6.14. The van der Waals surface area contributed by atoms with E-state index in [0.717, 1.165) is 51.1 Å². The zero-order valence-corrected chi connectivity index (χ0v) is 21.4. The first-order valence-electron chi connectivity index (χ1n) is 12.0. The maximum atomic E-state index is 6.02. The Kier molecular flexibility index (Phi) is 6.76. The quantitative estimate of drug-likeness (QED) is 0.224. The first kappa shape index (κ1) is 24.3. The van der Waals surface area contributed by atoms with Crippen molar-refractivity contribution in [2.24, 2.45) is 5.16 Å². The molecule has 0 saturated heterocycles. The van der Waals surface area contributed by atoms with Crippen LogP contribution in [0.25, 0.3) is 22.2 Å². The van der Waals surface area contributed by atoms with Crippen molar-refractivity contribution < 1.29 is 19.0 Å². The molecule has 188 valence electrons. The molecule has 0 spiro atoms. The van der Waals surface area contributed by atoms with Gasteiger partial charge < -0.3 is 28.9 Å². The van der Waals surface area contributed by atoms with Crippen molar-refractivity contribution in [1.82, 2.24) is 9.88 Å². The Bertz CT molecular complexity index is 1500. The van der Waals surface area contributed by atoms with Crippen molar-refractivity contribution in [1.29, 1.82) is 0 Å². The van der Waals surface area contributed by atoms with Gasteiger partial charge in [0.25, 0.3) is 0 Å². The number of hydrogen-bond acceptors (Lipinski definition) is 6.